The van der Waals surface area contributed by atoms with Crippen molar-refractivity contribution >= 4 is 0 Å². The maximum Gasteiger partial charge on any atom is 0.166 e. The summed E-state index contributed by atoms with van der Waals surface area (Å²) < 4.78 is 1.69. The number of rotatable bonds is 3. The number of aromatic nitrogens is 3. The van der Waals surface area contributed by atoms with E-state index in [2.05, 4.69) is 23.9 Å². The number of pyridine rings is 1. The standard InChI is InChI=1S/C13H17N3O/c1-4-9(2)11-13(17)12(16(3)15-11)10-7-5-6-8-14-10/h5-9,17H,4H2,1-3H3. The van der Waals surface area contributed by atoms with Crippen molar-refractivity contribution in [1.29, 1.82) is 0 Å². The molecule has 2 rings (SSSR count). The van der Waals surface area contributed by atoms with Crippen LogP contribution in [0.15, 0.2) is 24.4 Å². The van der Waals surface area contributed by atoms with Gasteiger partial charge < -0.3 is 5.11 Å². The Morgan fingerprint density at radius 2 is 2.18 bits per heavy atom. The van der Waals surface area contributed by atoms with Gasteiger partial charge in [-0.1, -0.05) is 19.9 Å². The van der Waals surface area contributed by atoms with Gasteiger partial charge in [-0.3, -0.25) is 9.67 Å². The van der Waals surface area contributed by atoms with Gasteiger partial charge in [0.1, 0.15) is 11.4 Å². The third-order valence-electron chi connectivity index (χ3n) is 3.03. The van der Waals surface area contributed by atoms with Crippen molar-refractivity contribution < 1.29 is 5.11 Å². The van der Waals surface area contributed by atoms with E-state index in [4.69, 9.17) is 0 Å². The smallest absolute Gasteiger partial charge is 0.166 e. The molecule has 90 valence electrons. The molecule has 17 heavy (non-hydrogen) atoms. The fraction of sp³-hybridized carbons (Fsp3) is 0.385. The molecule has 2 heterocycles. The minimum atomic E-state index is 0.249. The highest BCUT2D eigenvalue weighted by Gasteiger charge is 2.20. The number of hydrogen-bond acceptors (Lipinski definition) is 3. The molecule has 2 aromatic rings. The lowest BCUT2D eigenvalue weighted by atomic mass is 10.0. The first-order valence-corrected chi connectivity index (χ1v) is 5.82. The van der Waals surface area contributed by atoms with Crippen molar-refractivity contribution in [3.63, 3.8) is 0 Å². The average molecular weight is 231 g/mol. The lowest BCUT2D eigenvalue weighted by Gasteiger charge is -2.04. The second-order valence-corrected chi connectivity index (χ2v) is 4.23. The first kappa shape index (κ1) is 11.6. The zero-order valence-corrected chi connectivity index (χ0v) is 10.4. The number of hydrogen-bond donors (Lipinski definition) is 1. The van der Waals surface area contributed by atoms with Crippen LogP contribution in [0.5, 0.6) is 5.75 Å². The van der Waals surface area contributed by atoms with E-state index in [-0.39, 0.29) is 11.7 Å². The zero-order valence-electron chi connectivity index (χ0n) is 10.4. The van der Waals surface area contributed by atoms with E-state index in [0.29, 0.717) is 5.69 Å². The van der Waals surface area contributed by atoms with Crippen LogP contribution in [-0.2, 0) is 7.05 Å². The predicted octanol–water partition coefficient (Wildman–Crippen LogP) is 2.70. The molecule has 0 fully saturated rings. The van der Waals surface area contributed by atoms with Crippen molar-refractivity contribution in [3.05, 3.63) is 30.1 Å². The van der Waals surface area contributed by atoms with Crippen LogP contribution in [0, 0.1) is 0 Å². The van der Waals surface area contributed by atoms with E-state index >= 15 is 0 Å². The molecule has 1 N–H and O–H groups in total. The van der Waals surface area contributed by atoms with Crippen molar-refractivity contribution in [3.8, 4) is 17.1 Å². The molecule has 4 heteroatoms. The minimum absolute atomic E-state index is 0.249. The lowest BCUT2D eigenvalue weighted by Crippen LogP contribution is -1.97. The molecule has 1 atom stereocenters. The van der Waals surface area contributed by atoms with Crippen LogP contribution >= 0.6 is 0 Å². The molecular weight excluding hydrogens is 214 g/mol. The molecule has 4 nitrogen and oxygen atoms in total. The van der Waals surface area contributed by atoms with Gasteiger partial charge in [-0.15, -0.1) is 0 Å². The van der Waals surface area contributed by atoms with Gasteiger partial charge in [0.2, 0.25) is 0 Å². The fourth-order valence-corrected chi connectivity index (χ4v) is 1.85. The molecule has 0 spiro atoms. The Hall–Kier alpha value is -1.84. The summed E-state index contributed by atoms with van der Waals surface area (Å²) in [6.07, 6.45) is 2.66. The van der Waals surface area contributed by atoms with Crippen LogP contribution in [0.1, 0.15) is 31.9 Å². The normalized spacial score (nSPS) is 12.6. The molecule has 2 aromatic heterocycles. The van der Waals surface area contributed by atoms with E-state index in [1.165, 1.54) is 0 Å². The molecular formula is C13H17N3O. The molecule has 0 aliphatic rings. The highest BCUT2D eigenvalue weighted by molar-refractivity contribution is 5.64. The monoisotopic (exact) mass is 231 g/mol. The van der Waals surface area contributed by atoms with E-state index < -0.39 is 0 Å². The highest BCUT2D eigenvalue weighted by Crippen LogP contribution is 2.35. The first-order valence-electron chi connectivity index (χ1n) is 5.82. The van der Waals surface area contributed by atoms with Gasteiger partial charge in [-0.25, -0.2) is 0 Å². The van der Waals surface area contributed by atoms with Crippen LogP contribution in [0.4, 0.5) is 0 Å². The quantitative estimate of drug-likeness (QED) is 0.883. The molecule has 0 saturated carbocycles. The SMILES string of the molecule is CCC(C)c1nn(C)c(-c2ccccn2)c1O. The van der Waals surface area contributed by atoms with Crippen LogP contribution in [-0.4, -0.2) is 19.9 Å². The number of aromatic hydroxyl groups is 1. The zero-order chi connectivity index (χ0) is 12.4. The second-order valence-electron chi connectivity index (χ2n) is 4.23. The summed E-state index contributed by atoms with van der Waals surface area (Å²) in [5, 5.41) is 14.6. The van der Waals surface area contributed by atoms with E-state index in [0.717, 1.165) is 17.8 Å². The number of aryl methyl sites for hydroxylation is 1. The van der Waals surface area contributed by atoms with E-state index in [1.54, 1.807) is 10.9 Å². The highest BCUT2D eigenvalue weighted by atomic mass is 16.3. The molecule has 0 amide bonds. The predicted molar refractivity (Wildman–Crippen MR) is 66.8 cm³/mol. The summed E-state index contributed by atoms with van der Waals surface area (Å²) in [5.74, 6) is 0.499. The minimum Gasteiger partial charge on any atom is -0.504 e. The molecule has 0 radical (unpaired) electrons. The van der Waals surface area contributed by atoms with Gasteiger partial charge in [0, 0.05) is 19.2 Å². The van der Waals surface area contributed by atoms with Crippen LogP contribution < -0.4 is 0 Å². The van der Waals surface area contributed by atoms with E-state index in [9.17, 15) is 5.11 Å². The van der Waals surface area contributed by atoms with Gasteiger partial charge in [0.15, 0.2) is 5.75 Å². The van der Waals surface area contributed by atoms with Gasteiger partial charge in [-0.05, 0) is 18.6 Å². The Morgan fingerprint density at radius 1 is 1.41 bits per heavy atom. The molecule has 0 saturated heterocycles. The van der Waals surface area contributed by atoms with Crippen molar-refractivity contribution in [2.24, 2.45) is 7.05 Å². The summed E-state index contributed by atoms with van der Waals surface area (Å²) in [5.41, 5.74) is 2.17. The molecule has 1 unspecified atom stereocenters. The average Bonchev–Trinajstić information content (AvgIpc) is 2.65. The Labute approximate surface area is 101 Å². The maximum atomic E-state index is 10.2. The van der Waals surface area contributed by atoms with Gasteiger partial charge in [0.05, 0.1) is 5.69 Å². The second kappa shape index (κ2) is 4.57. The first-order chi connectivity index (χ1) is 8.15. The summed E-state index contributed by atoms with van der Waals surface area (Å²) in [7, 11) is 1.83. The van der Waals surface area contributed by atoms with Crippen molar-refractivity contribution in [1.82, 2.24) is 14.8 Å². The Bertz CT molecular complexity index is 505. The molecule has 0 aliphatic heterocycles. The third-order valence-corrected chi connectivity index (χ3v) is 3.03. The lowest BCUT2D eigenvalue weighted by molar-refractivity contribution is 0.463. The van der Waals surface area contributed by atoms with Gasteiger partial charge >= 0.3 is 0 Å². The third kappa shape index (κ3) is 2.02. The van der Waals surface area contributed by atoms with E-state index in [1.807, 2.05) is 25.2 Å². The summed E-state index contributed by atoms with van der Waals surface area (Å²) in [6, 6.07) is 5.63. The Kier molecular flexibility index (Phi) is 3.13. The largest absolute Gasteiger partial charge is 0.504 e. The fourth-order valence-electron chi connectivity index (χ4n) is 1.85. The molecule has 0 bridgehead atoms. The summed E-state index contributed by atoms with van der Waals surface area (Å²) in [4.78, 5) is 4.25. The van der Waals surface area contributed by atoms with Gasteiger partial charge in [0.25, 0.3) is 0 Å². The van der Waals surface area contributed by atoms with Crippen LogP contribution in [0.2, 0.25) is 0 Å². The Morgan fingerprint density at radius 3 is 2.76 bits per heavy atom. The number of nitrogens with zero attached hydrogens (tertiary/aromatic N) is 3. The maximum absolute atomic E-state index is 10.2. The van der Waals surface area contributed by atoms with Gasteiger partial charge in [-0.2, -0.15) is 5.10 Å². The van der Waals surface area contributed by atoms with Crippen LogP contribution in [0.25, 0.3) is 11.4 Å². The summed E-state index contributed by atoms with van der Waals surface area (Å²) in [6.45, 7) is 4.14. The molecule has 0 aliphatic carbocycles. The molecule has 0 aromatic carbocycles. The van der Waals surface area contributed by atoms with Crippen LogP contribution in [0.3, 0.4) is 0 Å². The van der Waals surface area contributed by atoms with Crippen molar-refractivity contribution in [2.45, 2.75) is 26.2 Å². The summed E-state index contributed by atoms with van der Waals surface area (Å²) >= 11 is 0. The topological polar surface area (TPSA) is 50.9 Å². The van der Waals surface area contributed by atoms with Crippen molar-refractivity contribution in [2.75, 3.05) is 0 Å². The Balaban J connectivity index is 2.53.